The van der Waals surface area contributed by atoms with Crippen molar-refractivity contribution in [3.63, 3.8) is 0 Å². The van der Waals surface area contributed by atoms with E-state index in [1.807, 2.05) is 71.4 Å². The van der Waals surface area contributed by atoms with Crippen LogP contribution in [-0.4, -0.2) is 41.7 Å². The average molecular weight is 473 g/mol. The maximum Gasteiger partial charge on any atom is 0.341 e. The van der Waals surface area contributed by atoms with Crippen molar-refractivity contribution in [1.29, 1.82) is 0 Å². The molecule has 35 heavy (non-hydrogen) atoms. The Balaban J connectivity index is 1.89. The fraction of sp³-hybridized carbons (Fsp3) is 0.214. The van der Waals surface area contributed by atoms with Crippen LogP contribution in [0.5, 0.6) is 17.2 Å². The first-order valence-corrected chi connectivity index (χ1v) is 11.3. The van der Waals surface area contributed by atoms with Crippen LogP contribution in [0, 0.1) is 0 Å². The first-order valence-electron chi connectivity index (χ1n) is 11.3. The van der Waals surface area contributed by atoms with E-state index in [-0.39, 0.29) is 0 Å². The highest BCUT2D eigenvalue weighted by molar-refractivity contribution is 5.78. The maximum atomic E-state index is 11.2. The molecule has 1 N–H and O–H groups in total. The van der Waals surface area contributed by atoms with Crippen LogP contribution in [-0.2, 0) is 17.8 Å². The predicted octanol–water partition coefficient (Wildman–Crippen LogP) is 5.31. The Labute approximate surface area is 204 Å². The molecule has 0 unspecified atom stereocenters. The molecule has 0 amide bonds. The minimum Gasteiger partial charge on any atom is -0.493 e. The molecule has 180 valence electrons. The number of hydrogen-bond acceptors (Lipinski definition) is 5. The van der Waals surface area contributed by atoms with Gasteiger partial charge in [0.1, 0.15) is 5.75 Å². The topological polar surface area (TPSA) is 82.8 Å². The molecule has 0 aliphatic carbocycles. The molecule has 0 atom stereocenters. The van der Waals surface area contributed by atoms with Gasteiger partial charge in [-0.25, -0.2) is 4.79 Å². The molecule has 7 heteroatoms. The van der Waals surface area contributed by atoms with Gasteiger partial charge in [0, 0.05) is 11.1 Å². The Morgan fingerprint density at radius 1 is 0.886 bits per heavy atom. The van der Waals surface area contributed by atoms with Crippen LogP contribution in [0.2, 0.25) is 0 Å². The summed E-state index contributed by atoms with van der Waals surface area (Å²) in [7, 11) is 3.22. The average Bonchev–Trinajstić information content (AvgIpc) is 3.30. The molecular formula is C28H28N2O5. The van der Waals surface area contributed by atoms with E-state index in [0.29, 0.717) is 29.5 Å². The quantitative estimate of drug-likeness (QED) is 0.337. The molecule has 3 aromatic carbocycles. The van der Waals surface area contributed by atoms with Crippen molar-refractivity contribution >= 4 is 5.97 Å². The number of aliphatic carboxylic acids is 1. The van der Waals surface area contributed by atoms with Gasteiger partial charge in [-0.05, 0) is 47.9 Å². The first kappa shape index (κ1) is 23.9. The summed E-state index contributed by atoms with van der Waals surface area (Å²) in [6, 6.07) is 23.5. The lowest BCUT2D eigenvalue weighted by atomic mass is 10.0. The van der Waals surface area contributed by atoms with Gasteiger partial charge in [0.15, 0.2) is 18.1 Å². The fourth-order valence-corrected chi connectivity index (χ4v) is 3.99. The number of carboxylic acid groups (broad SMARTS) is 1. The van der Waals surface area contributed by atoms with Crippen LogP contribution in [0.25, 0.3) is 22.5 Å². The summed E-state index contributed by atoms with van der Waals surface area (Å²) in [5, 5.41) is 14.1. The second-order valence-electron chi connectivity index (χ2n) is 7.97. The summed E-state index contributed by atoms with van der Waals surface area (Å²) in [6.07, 6.45) is 0.827. The first-order chi connectivity index (χ1) is 17.0. The van der Waals surface area contributed by atoms with Gasteiger partial charge in [-0.1, -0.05) is 49.4 Å². The summed E-state index contributed by atoms with van der Waals surface area (Å²) >= 11 is 0. The lowest BCUT2D eigenvalue weighted by molar-refractivity contribution is -0.139. The number of rotatable bonds is 10. The van der Waals surface area contributed by atoms with Crippen molar-refractivity contribution < 1.29 is 24.1 Å². The maximum absolute atomic E-state index is 11.2. The van der Waals surface area contributed by atoms with E-state index in [1.54, 1.807) is 20.3 Å². The SMILES string of the molecule is CCc1ccc(OCC(=O)O)c(-c2cc(-c3cccc(OC)c3OC)n(Cc3ccccc3)n2)c1. The van der Waals surface area contributed by atoms with Gasteiger partial charge >= 0.3 is 5.97 Å². The monoisotopic (exact) mass is 472 g/mol. The third kappa shape index (κ3) is 5.30. The molecule has 0 aliphatic rings. The van der Waals surface area contributed by atoms with Gasteiger partial charge in [0.25, 0.3) is 0 Å². The second kappa shape index (κ2) is 10.8. The van der Waals surface area contributed by atoms with Gasteiger partial charge in [0.2, 0.25) is 0 Å². The zero-order valence-electron chi connectivity index (χ0n) is 20.0. The molecule has 0 radical (unpaired) electrons. The number of aryl methyl sites for hydroxylation is 1. The Bertz CT molecular complexity index is 1310. The smallest absolute Gasteiger partial charge is 0.341 e. The summed E-state index contributed by atoms with van der Waals surface area (Å²) in [6.45, 7) is 2.17. The van der Waals surface area contributed by atoms with Crippen LogP contribution in [0.15, 0.2) is 72.8 Å². The highest BCUT2D eigenvalue weighted by atomic mass is 16.5. The number of para-hydroxylation sites is 1. The lowest BCUT2D eigenvalue weighted by Gasteiger charge is -2.14. The summed E-state index contributed by atoms with van der Waals surface area (Å²) in [5.41, 5.74) is 5.28. The molecule has 4 aromatic rings. The number of benzene rings is 3. The van der Waals surface area contributed by atoms with E-state index in [1.165, 1.54) is 0 Å². The van der Waals surface area contributed by atoms with Crippen molar-refractivity contribution in [2.45, 2.75) is 19.9 Å². The number of carboxylic acids is 1. The largest absolute Gasteiger partial charge is 0.493 e. The molecule has 0 saturated heterocycles. The van der Waals surface area contributed by atoms with E-state index in [0.717, 1.165) is 34.4 Å². The minimum absolute atomic E-state index is 0.431. The minimum atomic E-state index is -1.04. The van der Waals surface area contributed by atoms with Gasteiger partial charge in [-0.3, -0.25) is 4.68 Å². The summed E-state index contributed by atoms with van der Waals surface area (Å²) in [5.74, 6) is 0.669. The van der Waals surface area contributed by atoms with Crippen LogP contribution in [0.3, 0.4) is 0 Å². The third-order valence-electron chi connectivity index (χ3n) is 5.71. The van der Waals surface area contributed by atoms with E-state index < -0.39 is 12.6 Å². The highest BCUT2D eigenvalue weighted by Crippen LogP contribution is 2.40. The third-order valence-corrected chi connectivity index (χ3v) is 5.71. The normalized spacial score (nSPS) is 10.7. The van der Waals surface area contributed by atoms with Crippen molar-refractivity contribution in [2.24, 2.45) is 0 Å². The van der Waals surface area contributed by atoms with Crippen LogP contribution < -0.4 is 14.2 Å². The van der Waals surface area contributed by atoms with E-state index in [9.17, 15) is 4.79 Å². The molecule has 4 rings (SSSR count). The van der Waals surface area contributed by atoms with Crippen molar-refractivity contribution in [2.75, 3.05) is 20.8 Å². The lowest BCUT2D eigenvalue weighted by Crippen LogP contribution is -2.10. The molecule has 0 bridgehead atoms. The molecule has 1 aromatic heterocycles. The van der Waals surface area contributed by atoms with Crippen LogP contribution >= 0.6 is 0 Å². The summed E-state index contributed by atoms with van der Waals surface area (Å²) < 4.78 is 18.8. The molecule has 0 fully saturated rings. The Morgan fingerprint density at radius 2 is 1.69 bits per heavy atom. The Kier molecular flexibility index (Phi) is 7.35. The number of carbonyl (C=O) groups is 1. The van der Waals surface area contributed by atoms with Crippen LogP contribution in [0.4, 0.5) is 0 Å². The van der Waals surface area contributed by atoms with Gasteiger partial charge in [-0.2, -0.15) is 5.10 Å². The van der Waals surface area contributed by atoms with Crippen LogP contribution in [0.1, 0.15) is 18.1 Å². The standard InChI is InChI=1S/C28H28N2O5/c1-4-19-13-14-25(35-18-27(31)32)22(15-19)23-16-24(21-11-8-12-26(33-2)28(21)34-3)30(29-23)17-20-9-6-5-7-10-20/h5-16H,4,17-18H2,1-3H3,(H,31,32). The molecule has 7 nitrogen and oxygen atoms in total. The highest BCUT2D eigenvalue weighted by Gasteiger charge is 2.20. The van der Waals surface area contributed by atoms with E-state index in [4.69, 9.17) is 24.4 Å². The Hall–Kier alpha value is -4.26. The van der Waals surface area contributed by atoms with Gasteiger partial charge in [0.05, 0.1) is 32.2 Å². The number of aromatic nitrogens is 2. The number of hydrogen-bond donors (Lipinski definition) is 1. The van der Waals surface area contributed by atoms with Gasteiger partial charge in [-0.15, -0.1) is 0 Å². The molecule has 0 aliphatic heterocycles. The molecular weight excluding hydrogens is 444 g/mol. The van der Waals surface area contributed by atoms with Crippen molar-refractivity contribution in [3.05, 3.63) is 83.9 Å². The summed E-state index contributed by atoms with van der Waals surface area (Å²) in [4.78, 5) is 11.2. The number of nitrogens with zero attached hydrogens (tertiary/aromatic N) is 2. The number of methoxy groups -OCH3 is 2. The second-order valence-corrected chi connectivity index (χ2v) is 7.97. The van der Waals surface area contributed by atoms with Gasteiger partial charge < -0.3 is 19.3 Å². The zero-order chi connectivity index (χ0) is 24.8. The Morgan fingerprint density at radius 3 is 2.37 bits per heavy atom. The molecule has 0 saturated carbocycles. The van der Waals surface area contributed by atoms with Crippen molar-refractivity contribution in [3.8, 4) is 39.8 Å². The fourth-order valence-electron chi connectivity index (χ4n) is 3.99. The molecule has 1 heterocycles. The van der Waals surface area contributed by atoms with E-state index in [2.05, 4.69) is 6.92 Å². The predicted molar refractivity (Wildman–Crippen MR) is 134 cm³/mol. The molecule has 0 spiro atoms. The van der Waals surface area contributed by atoms with Crippen molar-refractivity contribution in [1.82, 2.24) is 9.78 Å². The zero-order valence-corrected chi connectivity index (χ0v) is 20.0. The number of ether oxygens (including phenoxy) is 3. The van der Waals surface area contributed by atoms with E-state index >= 15 is 0 Å².